The Hall–Kier alpha value is -1.39. The van der Waals surface area contributed by atoms with Gasteiger partial charge in [-0.1, -0.05) is 43.4 Å². The Morgan fingerprint density at radius 1 is 1.32 bits per heavy atom. The largest absolute Gasteiger partial charge is 0.379 e. The van der Waals surface area contributed by atoms with Crippen LogP contribution in [0.3, 0.4) is 0 Å². The first-order valence-electron chi connectivity index (χ1n) is 8.28. The fourth-order valence-electron chi connectivity index (χ4n) is 3.18. The van der Waals surface area contributed by atoms with Crippen molar-refractivity contribution in [1.29, 1.82) is 0 Å². The molecule has 22 heavy (non-hydrogen) atoms. The van der Waals surface area contributed by atoms with Crippen molar-refractivity contribution in [2.24, 2.45) is 11.8 Å². The van der Waals surface area contributed by atoms with Crippen molar-refractivity contribution < 1.29 is 9.53 Å². The van der Waals surface area contributed by atoms with Gasteiger partial charge in [-0.25, -0.2) is 0 Å². The molecule has 3 atom stereocenters. The monoisotopic (exact) mass is 304 g/mol. The Morgan fingerprint density at radius 2 is 2.05 bits per heavy atom. The minimum Gasteiger partial charge on any atom is -0.379 e. The van der Waals surface area contributed by atoms with Gasteiger partial charge in [0.2, 0.25) is 5.91 Å². The van der Waals surface area contributed by atoms with E-state index in [0.29, 0.717) is 18.5 Å². The second-order valence-corrected chi connectivity index (χ2v) is 6.09. The normalized spacial score (nSPS) is 24.2. The zero-order chi connectivity index (χ0) is 15.8. The van der Waals surface area contributed by atoms with Gasteiger partial charge in [0.15, 0.2) is 0 Å². The average Bonchev–Trinajstić information content (AvgIpc) is 2.92. The average molecular weight is 304 g/mol. The van der Waals surface area contributed by atoms with Gasteiger partial charge >= 0.3 is 0 Å². The highest BCUT2D eigenvalue weighted by Crippen LogP contribution is 2.19. The van der Waals surface area contributed by atoms with Crippen LogP contribution >= 0.6 is 0 Å². The molecule has 4 heteroatoms. The van der Waals surface area contributed by atoms with E-state index in [1.54, 1.807) is 7.11 Å². The van der Waals surface area contributed by atoms with Gasteiger partial charge in [-0.2, -0.15) is 0 Å². The summed E-state index contributed by atoms with van der Waals surface area (Å²) < 4.78 is 5.58. The van der Waals surface area contributed by atoms with Gasteiger partial charge in [-0.15, -0.1) is 0 Å². The van der Waals surface area contributed by atoms with Crippen LogP contribution in [0, 0.1) is 11.8 Å². The number of rotatable bonds is 7. The molecule has 0 aromatic heterocycles. The summed E-state index contributed by atoms with van der Waals surface area (Å²) in [4.78, 5) is 12.3. The predicted octanol–water partition coefficient (Wildman–Crippen LogP) is 2.19. The van der Waals surface area contributed by atoms with Gasteiger partial charge in [0, 0.05) is 19.7 Å². The summed E-state index contributed by atoms with van der Waals surface area (Å²) in [6.45, 7) is 3.67. The number of methoxy groups -OCH3 is 1. The molecule has 1 aliphatic heterocycles. The van der Waals surface area contributed by atoms with Crippen LogP contribution in [-0.2, 0) is 9.53 Å². The molecule has 1 saturated heterocycles. The number of hydrogen-bond donors (Lipinski definition) is 2. The van der Waals surface area contributed by atoms with E-state index in [0.717, 1.165) is 25.8 Å². The maximum absolute atomic E-state index is 12.3. The number of carbonyl (C=O) groups is 1. The van der Waals surface area contributed by atoms with Crippen LogP contribution in [0.15, 0.2) is 36.5 Å². The smallest absolute Gasteiger partial charge is 0.225 e. The highest BCUT2D eigenvalue weighted by atomic mass is 16.5. The van der Waals surface area contributed by atoms with Crippen molar-refractivity contribution in [1.82, 2.24) is 10.6 Å². The first-order chi connectivity index (χ1) is 10.7. The van der Waals surface area contributed by atoms with Crippen LogP contribution in [0.2, 0.25) is 0 Å². The predicted molar refractivity (Wildman–Crippen MR) is 89.5 cm³/mol. The van der Waals surface area contributed by atoms with Crippen LogP contribution in [0.25, 0.3) is 0 Å². The Labute approximate surface area is 133 Å². The Kier molecular flexibility index (Phi) is 6.87. The quantitative estimate of drug-likeness (QED) is 0.758. The van der Waals surface area contributed by atoms with E-state index in [-0.39, 0.29) is 17.9 Å². The van der Waals surface area contributed by atoms with Gasteiger partial charge in [0.05, 0.1) is 12.0 Å². The number of allylic oxidation sites excluding steroid dienone is 6. The Morgan fingerprint density at radius 3 is 2.64 bits per heavy atom. The second-order valence-electron chi connectivity index (χ2n) is 6.09. The van der Waals surface area contributed by atoms with Crippen molar-refractivity contribution in [3.05, 3.63) is 36.5 Å². The lowest BCUT2D eigenvalue weighted by molar-refractivity contribution is -0.129. The summed E-state index contributed by atoms with van der Waals surface area (Å²) >= 11 is 0. The molecular formula is C18H28N2O2. The van der Waals surface area contributed by atoms with Crippen molar-refractivity contribution in [3.63, 3.8) is 0 Å². The summed E-state index contributed by atoms with van der Waals surface area (Å²) in [5, 5.41) is 6.48. The maximum Gasteiger partial charge on any atom is 0.225 e. The molecule has 1 amide bonds. The summed E-state index contributed by atoms with van der Waals surface area (Å²) in [6, 6.07) is 0.296. The SMILES string of the molecule is COC(C1CCCN1)[C@@H](C)C(=O)NCCC1C=CC=CC=C1. The number of hydrogen-bond acceptors (Lipinski definition) is 3. The van der Waals surface area contributed by atoms with Crippen molar-refractivity contribution in [2.75, 3.05) is 20.2 Å². The summed E-state index contributed by atoms with van der Waals surface area (Å²) in [6.07, 6.45) is 15.6. The molecule has 0 aromatic rings. The molecule has 2 N–H and O–H groups in total. The number of amides is 1. The molecule has 0 bridgehead atoms. The summed E-state index contributed by atoms with van der Waals surface area (Å²) in [7, 11) is 1.70. The van der Waals surface area contributed by atoms with Crippen molar-refractivity contribution in [3.8, 4) is 0 Å². The van der Waals surface area contributed by atoms with E-state index in [1.165, 1.54) is 0 Å². The summed E-state index contributed by atoms with van der Waals surface area (Å²) in [5.41, 5.74) is 0. The second kappa shape index (κ2) is 8.91. The zero-order valence-electron chi connectivity index (χ0n) is 13.6. The first-order valence-corrected chi connectivity index (χ1v) is 8.28. The van der Waals surface area contributed by atoms with E-state index in [4.69, 9.17) is 4.74 Å². The molecule has 2 unspecified atom stereocenters. The Balaban J connectivity index is 1.75. The molecule has 0 spiro atoms. The molecule has 0 radical (unpaired) electrons. The molecule has 4 nitrogen and oxygen atoms in total. The van der Waals surface area contributed by atoms with E-state index < -0.39 is 0 Å². The lowest BCUT2D eigenvalue weighted by atomic mass is 9.95. The molecule has 2 aliphatic rings. The number of carbonyl (C=O) groups excluding carboxylic acids is 1. The topological polar surface area (TPSA) is 50.4 Å². The van der Waals surface area contributed by atoms with E-state index in [1.807, 2.05) is 19.1 Å². The van der Waals surface area contributed by atoms with Crippen LogP contribution in [0.1, 0.15) is 26.2 Å². The molecule has 122 valence electrons. The fourth-order valence-corrected chi connectivity index (χ4v) is 3.18. The Bertz CT molecular complexity index is 420. The van der Waals surface area contributed by atoms with E-state index >= 15 is 0 Å². The van der Waals surface area contributed by atoms with Crippen molar-refractivity contribution >= 4 is 5.91 Å². The minimum absolute atomic E-state index is 0.0515. The molecule has 1 heterocycles. The van der Waals surface area contributed by atoms with Crippen LogP contribution in [0.4, 0.5) is 0 Å². The molecule has 1 fully saturated rings. The van der Waals surface area contributed by atoms with Gasteiger partial charge in [-0.05, 0) is 31.7 Å². The molecular weight excluding hydrogens is 276 g/mol. The maximum atomic E-state index is 12.3. The van der Waals surface area contributed by atoms with E-state index in [9.17, 15) is 4.79 Å². The fraction of sp³-hybridized carbons (Fsp3) is 0.611. The third kappa shape index (κ3) is 4.82. The van der Waals surface area contributed by atoms with Gasteiger partial charge in [-0.3, -0.25) is 4.79 Å². The lowest BCUT2D eigenvalue weighted by Crippen LogP contribution is -2.46. The third-order valence-electron chi connectivity index (χ3n) is 4.50. The van der Waals surface area contributed by atoms with Crippen LogP contribution < -0.4 is 10.6 Å². The molecule has 1 aliphatic carbocycles. The van der Waals surface area contributed by atoms with Gasteiger partial charge < -0.3 is 15.4 Å². The van der Waals surface area contributed by atoms with Gasteiger partial charge in [0.25, 0.3) is 0 Å². The molecule has 0 saturated carbocycles. The number of ether oxygens (including phenoxy) is 1. The van der Waals surface area contributed by atoms with Crippen molar-refractivity contribution in [2.45, 2.75) is 38.3 Å². The minimum atomic E-state index is -0.137. The van der Waals surface area contributed by atoms with E-state index in [2.05, 4.69) is 34.9 Å². The number of nitrogens with one attached hydrogen (secondary N) is 2. The van der Waals surface area contributed by atoms with Crippen LogP contribution in [0.5, 0.6) is 0 Å². The highest BCUT2D eigenvalue weighted by molar-refractivity contribution is 5.79. The lowest BCUT2D eigenvalue weighted by Gasteiger charge is -2.27. The molecule has 0 aromatic carbocycles. The van der Waals surface area contributed by atoms with Crippen LogP contribution in [-0.4, -0.2) is 38.3 Å². The first kappa shape index (κ1) is 17.0. The zero-order valence-corrected chi connectivity index (χ0v) is 13.6. The third-order valence-corrected chi connectivity index (χ3v) is 4.50. The molecule has 2 rings (SSSR count). The highest BCUT2D eigenvalue weighted by Gasteiger charge is 2.32. The standard InChI is InChI=1S/C18H28N2O2/c1-14(17(22-2)16-10-7-12-19-16)18(21)20-13-11-15-8-5-3-4-6-9-15/h3-6,8-9,14-17,19H,7,10-13H2,1-2H3,(H,20,21)/t14-,16?,17?/m1/s1. The summed E-state index contributed by atoms with van der Waals surface area (Å²) in [5.74, 6) is 0.336. The van der Waals surface area contributed by atoms with Gasteiger partial charge in [0.1, 0.15) is 0 Å².